The van der Waals surface area contributed by atoms with E-state index in [0.29, 0.717) is 5.76 Å². The van der Waals surface area contributed by atoms with E-state index in [2.05, 4.69) is 66.3 Å². The third kappa shape index (κ3) is 4.45. The number of furan rings is 1. The maximum absolute atomic E-state index is 12.6. The fourth-order valence-electron chi connectivity index (χ4n) is 3.82. The number of nitrogens with one attached hydrogen (secondary N) is 1. The zero-order chi connectivity index (χ0) is 20.4. The van der Waals surface area contributed by atoms with Gasteiger partial charge in [0.15, 0.2) is 5.76 Å². The molecular formula is C23H27N3O2S. The molecular weight excluding hydrogens is 382 g/mol. The summed E-state index contributed by atoms with van der Waals surface area (Å²) in [6.07, 6.45) is 1.52. The number of hydrogen-bond acceptors (Lipinski definition) is 5. The van der Waals surface area contributed by atoms with Crippen LogP contribution in [0.1, 0.15) is 38.2 Å². The molecule has 6 heteroatoms. The van der Waals surface area contributed by atoms with Crippen molar-refractivity contribution in [3.8, 4) is 0 Å². The van der Waals surface area contributed by atoms with Crippen LogP contribution in [0.15, 0.2) is 53.1 Å². The van der Waals surface area contributed by atoms with Gasteiger partial charge < -0.3 is 14.6 Å². The minimum Gasteiger partial charge on any atom is -0.459 e. The molecule has 1 fully saturated rings. The van der Waals surface area contributed by atoms with Crippen LogP contribution in [0.3, 0.4) is 0 Å². The van der Waals surface area contributed by atoms with Gasteiger partial charge in [0.2, 0.25) is 0 Å². The number of carbonyl (C=O) groups is 1. The topological polar surface area (TPSA) is 48.7 Å². The van der Waals surface area contributed by atoms with E-state index in [4.69, 9.17) is 4.42 Å². The molecule has 1 N–H and O–H groups in total. The summed E-state index contributed by atoms with van der Waals surface area (Å²) in [6, 6.07) is 14.5. The summed E-state index contributed by atoms with van der Waals surface area (Å²) in [6.45, 7) is 8.27. The largest absolute Gasteiger partial charge is 0.459 e. The molecule has 0 unspecified atom stereocenters. The smallest absolute Gasteiger partial charge is 0.291 e. The molecule has 2 aromatic heterocycles. The van der Waals surface area contributed by atoms with Crippen molar-refractivity contribution in [2.75, 3.05) is 38.5 Å². The predicted octanol–water partition coefficient (Wildman–Crippen LogP) is 4.55. The molecule has 0 saturated carbocycles. The summed E-state index contributed by atoms with van der Waals surface area (Å²) in [5, 5.41) is 3.99. The van der Waals surface area contributed by atoms with Crippen LogP contribution in [-0.2, 0) is 0 Å². The van der Waals surface area contributed by atoms with E-state index in [0.717, 1.165) is 36.7 Å². The number of hydrogen-bond donors (Lipinski definition) is 1. The molecule has 3 heterocycles. The number of anilines is 1. The molecule has 0 spiro atoms. The van der Waals surface area contributed by atoms with Crippen molar-refractivity contribution in [2.24, 2.45) is 0 Å². The van der Waals surface area contributed by atoms with Crippen molar-refractivity contribution in [1.29, 1.82) is 0 Å². The summed E-state index contributed by atoms with van der Waals surface area (Å²) >= 11 is 1.62. The maximum Gasteiger partial charge on any atom is 0.291 e. The van der Waals surface area contributed by atoms with Gasteiger partial charge in [0.25, 0.3) is 5.91 Å². The van der Waals surface area contributed by atoms with Crippen molar-refractivity contribution >= 4 is 22.2 Å². The molecule has 1 aliphatic rings. The summed E-state index contributed by atoms with van der Waals surface area (Å²) in [5.74, 6) is 0.118. The van der Waals surface area contributed by atoms with Gasteiger partial charge in [-0.1, -0.05) is 29.8 Å². The van der Waals surface area contributed by atoms with E-state index in [9.17, 15) is 4.79 Å². The van der Waals surface area contributed by atoms with E-state index >= 15 is 0 Å². The van der Waals surface area contributed by atoms with Gasteiger partial charge in [-0.3, -0.25) is 9.69 Å². The van der Waals surface area contributed by atoms with Crippen molar-refractivity contribution in [3.05, 3.63) is 76.1 Å². The third-order valence-electron chi connectivity index (χ3n) is 5.45. The molecule has 1 atom stereocenters. The minimum atomic E-state index is -0.209. The number of amides is 1. The number of carbonyl (C=O) groups excluding carboxylic acids is 1. The second kappa shape index (κ2) is 8.53. The van der Waals surface area contributed by atoms with E-state index < -0.39 is 0 Å². The molecule has 0 radical (unpaired) electrons. The number of rotatable bonds is 5. The third-order valence-corrected chi connectivity index (χ3v) is 6.43. The lowest BCUT2D eigenvalue weighted by Crippen LogP contribution is -2.46. The van der Waals surface area contributed by atoms with Crippen molar-refractivity contribution in [3.63, 3.8) is 0 Å². The van der Waals surface area contributed by atoms with Crippen LogP contribution in [-0.4, -0.2) is 48.9 Å². The normalized spacial score (nSPS) is 16.7. The maximum atomic E-state index is 12.6. The highest BCUT2D eigenvalue weighted by atomic mass is 32.1. The zero-order valence-corrected chi connectivity index (χ0v) is 18.0. The lowest BCUT2D eigenvalue weighted by atomic mass is 9.96. The van der Waals surface area contributed by atoms with Crippen LogP contribution in [0, 0.1) is 13.8 Å². The quantitative estimate of drug-likeness (QED) is 0.672. The van der Waals surface area contributed by atoms with E-state index in [1.807, 2.05) is 0 Å². The van der Waals surface area contributed by atoms with Gasteiger partial charge in [-0.2, -0.15) is 0 Å². The molecule has 1 saturated heterocycles. The number of benzene rings is 1. The number of aryl methyl sites for hydroxylation is 2. The lowest BCUT2D eigenvalue weighted by Gasteiger charge is -2.38. The highest BCUT2D eigenvalue weighted by molar-refractivity contribution is 7.16. The van der Waals surface area contributed by atoms with Crippen LogP contribution < -0.4 is 5.32 Å². The van der Waals surface area contributed by atoms with Crippen molar-refractivity contribution < 1.29 is 9.21 Å². The average molecular weight is 410 g/mol. The highest BCUT2D eigenvalue weighted by Gasteiger charge is 2.29. The SMILES string of the molecule is Cc1ccc([C@@H](c2cc(C)sc2NC(=O)c2ccco2)N2CCN(C)CC2)cc1. The number of nitrogens with zero attached hydrogens (tertiary/aromatic N) is 2. The molecule has 1 aromatic carbocycles. The van der Waals surface area contributed by atoms with Crippen LogP contribution in [0.2, 0.25) is 0 Å². The number of piperazine rings is 1. The van der Waals surface area contributed by atoms with Gasteiger partial charge in [0.05, 0.1) is 12.3 Å². The predicted molar refractivity (Wildman–Crippen MR) is 118 cm³/mol. The van der Waals surface area contributed by atoms with Crippen molar-refractivity contribution in [2.45, 2.75) is 19.9 Å². The Morgan fingerprint density at radius 3 is 2.48 bits per heavy atom. The molecule has 4 rings (SSSR count). The Morgan fingerprint density at radius 1 is 1.10 bits per heavy atom. The highest BCUT2D eigenvalue weighted by Crippen LogP contribution is 2.39. The van der Waals surface area contributed by atoms with Crippen LogP contribution in [0.4, 0.5) is 5.00 Å². The second-order valence-corrected chi connectivity index (χ2v) is 8.98. The molecule has 1 amide bonds. The molecule has 29 heavy (non-hydrogen) atoms. The first-order valence-corrected chi connectivity index (χ1v) is 10.8. The zero-order valence-electron chi connectivity index (χ0n) is 17.1. The van der Waals surface area contributed by atoms with Crippen LogP contribution in [0.5, 0.6) is 0 Å². The van der Waals surface area contributed by atoms with Gasteiger partial charge in [0, 0.05) is 36.6 Å². The summed E-state index contributed by atoms with van der Waals surface area (Å²) < 4.78 is 5.28. The van der Waals surface area contributed by atoms with E-state index in [1.54, 1.807) is 23.5 Å². The van der Waals surface area contributed by atoms with Gasteiger partial charge in [-0.15, -0.1) is 11.3 Å². The van der Waals surface area contributed by atoms with Gasteiger partial charge in [-0.05, 0) is 44.7 Å². The Hall–Kier alpha value is -2.41. The summed E-state index contributed by atoms with van der Waals surface area (Å²) in [7, 11) is 2.17. The Labute approximate surface area is 175 Å². The molecule has 3 aromatic rings. The van der Waals surface area contributed by atoms with Gasteiger partial charge in [-0.25, -0.2) is 0 Å². The Balaban J connectivity index is 1.70. The Kier molecular flexibility index (Phi) is 5.85. The number of likely N-dealkylation sites (N-methyl/N-ethyl adjacent to an activating group) is 1. The fraction of sp³-hybridized carbons (Fsp3) is 0.348. The first-order valence-electron chi connectivity index (χ1n) is 9.95. The average Bonchev–Trinajstić information content (AvgIpc) is 3.35. The van der Waals surface area contributed by atoms with Gasteiger partial charge in [0.1, 0.15) is 5.00 Å². The Morgan fingerprint density at radius 2 is 1.83 bits per heavy atom. The fourth-order valence-corrected chi connectivity index (χ4v) is 4.76. The molecule has 0 aliphatic carbocycles. The van der Waals surface area contributed by atoms with E-state index in [1.165, 1.54) is 22.3 Å². The second-order valence-electron chi connectivity index (χ2n) is 7.73. The van der Waals surface area contributed by atoms with E-state index in [-0.39, 0.29) is 11.9 Å². The summed E-state index contributed by atoms with van der Waals surface area (Å²) in [4.78, 5) is 18.7. The molecule has 0 bridgehead atoms. The molecule has 152 valence electrons. The standard InChI is InChI=1S/C23H27N3O2S/c1-16-6-8-18(9-7-16)21(26-12-10-25(3)11-13-26)19-15-17(2)29-23(19)24-22(27)20-5-4-14-28-20/h4-9,14-15,21H,10-13H2,1-3H3,(H,24,27)/t21-/m0/s1. The monoisotopic (exact) mass is 409 g/mol. The minimum absolute atomic E-state index is 0.112. The molecule has 1 aliphatic heterocycles. The van der Waals surface area contributed by atoms with Crippen LogP contribution in [0.25, 0.3) is 0 Å². The van der Waals surface area contributed by atoms with Gasteiger partial charge >= 0.3 is 0 Å². The summed E-state index contributed by atoms with van der Waals surface area (Å²) in [5.41, 5.74) is 3.66. The Bertz CT molecular complexity index is 955. The lowest BCUT2D eigenvalue weighted by molar-refractivity contribution is 0.0996. The molecule has 5 nitrogen and oxygen atoms in total. The van der Waals surface area contributed by atoms with Crippen LogP contribution >= 0.6 is 11.3 Å². The first kappa shape index (κ1) is 19.9. The first-order chi connectivity index (χ1) is 14.0. The van der Waals surface area contributed by atoms with Crippen molar-refractivity contribution in [1.82, 2.24) is 9.80 Å². The number of thiophene rings is 1.